The Morgan fingerprint density at radius 2 is 1.94 bits per heavy atom. The molecule has 5 rings (SSSR count). The second-order valence-electron chi connectivity index (χ2n) is 7.51. The first-order valence-corrected chi connectivity index (χ1v) is 10.0. The minimum atomic E-state index is -1.12. The van der Waals surface area contributed by atoms with Crippen molar-refractivity contribution in [1.82, 2.24) is 29.3 Å². The van der Waals surface area contributed by atoms with Gasteiger partial charge in [0.15, 0.2) is 17.2 Å². The molecule has 8 heteroatoms. The lowest BCUT2D eigenvalue weighted by Gasteiger charge is -2.20. The first-order chi connectivity index (χ1) is 15.1. The number of aryl methyl sites for hydroxylation is 2. The zero-order valence-corrected chi connectivity index (χ0v) is 17.3. The van der Waals surface area contributed by atoms with E-state index >= 15 is 0 Å². The van der Waals surface area contributed by atoms with Gasteiger partial charge in [0, 0.05) is 19.2 Å². The number of methoxy groups -OCH3 is 1. The fourth-order valence-electron chi connectivity index (χ4n) is 3.86. The molecule has 156 valence electrons. The third-order valence-corrected chi connectivity index (χ3v) is 5.44. The van der Waals surface area contributed by atoms with Gasteiger partial charge in [-0.2, -0.15) is 5.10 Å². The Bertz CT molecular complexity index is 1260. The number of hydrogen-bond donors (Lipinski definition) is 1. The van der Waals surface area contributed by atoms with E-state index in [0.29, 0.717) is 36.2 Å². The average Bonchev–Trinajstić information content (AvgIpc) is 3.50. The maximum absolute atomic E-state index is 11.2. The summed E-state index contributed by atoms with van der Waals surface area (Å²) in [4.78, 5) is 13.4. The van der Waals surface area contributed by atoms with Crippen LogP contribution in [-0.4, -0.2) is 41.5 Å². The Balaban J connectivity index is 1.42. The predicted octanol–water partition coefficient (Wildman–Crippen LogP) is 2.99. The van der Waals surface area contributed by atoms with Crippen LogP contribution in [0.25, 0.3) is 17.8 Å². The van der Waals surface area contributed by atoms with Crippen LogP contribution in [-0.2, 0) is 12.1 Å². The molecule has 0 aliphatic carbocycles. The fraction of sp³-hybridized carbons (Fsp3) is 0.217. The third-order valence-electron chi connectivity index (χ3n) is 5.44. The Morgan fingerprint density at radius 3 is 2.68 bits per heavy atom. The highest BCUT2D eigenvalue weighted by Gasteiger charge is 2.41. The van der Waals surface area contributed by atoms with Gasteiger partial charge in [0.2, 0.25) is 5.88 Å². The molecule has 3 aromatic heterocycles. The fourth-order valence-corrected chi connectivity index (χ4v) is 3.86. The van der Waals surface area contributed by atoms with Gasteiger partial charge in [-0.15, -0.1) is 0 Å². The average molecular weight is 414 g/mol. The lowest BCUT2D eigenvalue weighted by Crippen LogP contribution is -2.25. The van der Waals surface area contributed by atoms with Crippen LogP contribution in [0.15, 0.2) is 55.0 Å². The molecule has 8 nitrogen and oxygen atoms in total. The summed E-state index contributed by atoms with van der Waals surface area (Å²) in [6.07, 6.45) is 7.83. The smallest absolute Gasteiger partial charge is 0.238 e. The van der Waals surface area contributed by atoms with Gasteiger partial charge < -0.3 is 14.4 Å². The van der Waals surface area contributed by atoms with Crippen molar-refractivity contribution >= 4 is 12.2 Å². The van der Waals surface area contributed by atoms with Crippen LogP contribution in [0.3, 0.4) is 0 Å². The summed E-state index contributed by atoms with van der Waals surface area (Å²) in [6, 6.07) is 13.4. The molecule has 1 aliphatic heterocycles. The number of hydrogen-bond acceptors (Lipinski definition) is 6. The molecule has 0 saturated carbocycles. The van der Waals surface area contributed by atoms with Gasteiger partial charge in [0.25, 0.3) is 0 Å². The summed E-state index contributed by atoms with van der Waals surface area (Å²) in [6.45, 7) is 2.55. The molecule has 4 aromatic rings. The van der Waals surface area contributed by atoms with Crippen LogP contribution in [0.1, 0.15) is 35.0 Å². The summed E-state index contributed by atoms with van der Waals surface area (Å²) in [7, 11) is 1.59. The van der Waals surface area contributed by atoms with Crippen molar-refractivity contribution in [3.8, 4) is 11.6 Å². The van der Waals surface area contributed by atoms with Crippen LogP contribution in [0.2, 0.25) is 0 Å². The number of imidazole rings is 1. The first kappa shape index (κ1) is 19.2. The number of pyridine rings is 1. The van der Waals surface area contributed by atoms with Crippen LogP contribution in [0.4, 0.5) is 0 Å². The molecule has 1 aromatic carbocycles. The van der Waals surface area contributed by atoms with E-state index in [1.54, 1.807) is 24.2 Å². The lowest BCUT2D eigenvalue weighted by atomic mass is 9.92. The van der Waals surface area contributed by atoms with Gasteiger partial charge in [-0.1, -0.05) is 30.3 Å². The topological polar surface area (TPSA) is 90.9 Å². The number of aromatic nitrogens is 6. The van der Waals surface area contributed by atoms with E-state index in [2.05, 4.69) is 20.1 Å². The summed E-state index contributed by atoms with van der Waals surface area (Å²) < 4.78 is 9.11. The normalized spacial score (nSPS) is 17.9. The van der Waals surface area contributed by atoms with E-state index in [4.69, 9.17) is 4.74 Å². The van der Waals surface area contributed by atoms with Crippen LogP contribution in [0.5, 0.6) is 5.88 Å². The number of benzene rings is 1. The first-order valence-electron chi connectivity index (χ1n) is 10.0. The Morgan fingerprint density at radius 1 is 1.10 bits per heavy atom. The van der Waals surface area contributed by atoms with E-state index in [0.717, 1.165) is 16.9 Å². The highest BCUT2D eigenvalue weighted by Crippen LogP contribution is 2.37. The van der Waals surface area contributed by atoms with Gasteiger partial charge in [0.1, 0.15) is 5.69 Å². The molecular formula is C23H22N6O2. The van der Waals surface area contributed by atoms with Crippen molar-refractivity contribution < 1.29 is 9.84 Å². The van der Waals surface area contributed by atoms with Crippen molar-refractivity contribution in [3.05, 3.63) is 83.6 Å². The second kappa shape index (κ2) is 7.48. The number of aliphatic hydroxyl groups is 1. The second-order valence-corrected chi connectivity index (χ2v) is 7.51. The number of ether oxygens (including phenoxy) is 1. The zero-order chi connectivity index (χ0) is 21.4. The molecule has 1 aliphatic rings. The molecule has 31 heavy (non-hydrogen) atoms. The summed E-state index contributed by atoms with van der Waals surface area (Å²) in [5.41, 5.74) is 2.15. The van der Waals surface area contributed by atoms with E-state index in [9.17, 15) is 5.11 Å². The van der Waals surface area contributed by atoms with Crippen molar-refractivity contribution in [2.75, 3.05) is 7.11 Å². The third kappa shape index (κ3) is 3.40. The number of fused-ring (bicyclic) bond motifs is 1. The minimum absolute atomic E-state index is 0.498. The molecule has 1 N–H and O–H groups in total. The van der Waals surface area contributed by atoms with Crippen LogP contribution < -0.4 is 4.74 Å². The quantitative estimate of drug-likeness (QED) is 0.540. The minimum Gasteiger partial charge on any atom is -0.479 e. The molecular weight excluding hydrogens is 392 g/mol. The molecule has 1 unspecified atom stereocenters. The van der Waals surface area contributed by atoms with Crippen molar-refractivity contribution in [2.45, 2.75) is 25.5 Å². The van der Waals surface area contributed by atoms with Gasteiger partial charge in [-0.3, -0.25) is 0 Å². The highest BCUT2D eigenvalue weighted by atomic mass is 16.5. The maximum atomic E-state index is 11.2. The maximum Gasteiger partial charge on any atom is 0.238 e. The molecule has 0 radical (unpaired) electrons. The van der Waals surface area contributed by atoms with E-state index in [-0.39, 0.29) is 0 Å². The molecule has 0 spiro atoms. The summed E-state index contributed by atoms with van der Waals surface area (Å²) >= 11 is 0. The zero-order valence-electron chi connectivity index (χ0n) is 17.3. The predicted molar refractivity (Wildman–Crippen MR) is 116 cm³/mol. The van der Waals surface area contributed by atoms with Crippen molar-refractivity contribution in [2.24, 2.45) is 0 Å². The molecule has 1 atom stereocenters. The van der Waals surface area contributed by atoms with Crippen molar-refractivity contribution in [3.63, 3.8) is 0 Å². The molecule has 0 saturated heterocycles. The Kier molecular flexibility index (Phi) is 4.63. The molecule has 0 amide bonds. The van der Waals surface area contributed by atoms with Gasteiger partial charge in [-0.05, 0) is 36.8 Å². The number of nitrogens with zero attached hydrogens (tertiary/aromatic N) is 6. The van der Waals surface area contributed by atoms with Crippen molar-refractivity contribution in [1.29, 1.82) is 0 Å². The summed E-state index contributed by atoms with van der Waals surface area (Å²) in [5.74, 6) is 1.59. The van der Waals surface area contributed by atoms with Gasteiger partial charge in [-0.25, -0.2) is 19.6 Å². The molecule has 0 fully saturated rings. The Labute approximate surface area is 179 Å². The monoisotopic (exact) mass is 414 g/mol. The highest BCUT2D eigenvalue weighted by molar-refractivity contribution is 5.65. The van der Waals surface area contributed by atoms with E-state index in [1.807, 2.05) is 66.2 Å². The van der Waals surface area contributed by atoms with E-state index < -0.39 is 5.60 Å². The Hall–Kier alpha value is -3.78. The standard InChI is InChI=1S/C23H22N6O2/c1-16-14-28(15-24-16)19-10-8-18(25-21(19)31-2)9-11-20-26-22-23(30,12-13-29(22)27-20)17-6-4-3-5-7-17/h3-11,14-15,30H,12-13H2,1-2H3/b11-9+. The van der Waals surface area contributed by atoms with Gasteiger partial charge >= 0.3 is 0 Å². The SMILES string of the molecule is COc1nc(/C=C/c2nc3n(n2)CCC3(O)c2ccccc2)ccc1-n1cnc(C)c1. The largest absolute Gasteiger partial charge is 0.479 e. The van der Waals surface area contributed by atoms with Crippen LogP contribution in [0, 0.1) is 6.92 Å². The number of rotatable bonds is 5. The summed E-state index contributed by atoms with van der Waals surface area (Å²) in [5, 5.41) is 15.8. The van der Waals surface area contributed by atoms with Gasteiger partial charge in [0.05, 0.1) is 24.8 Å². The molecule has 0 bridgehead atoms. The lowest BCUT2D eigenvalue weighted by molar-refractivity contribution is 0.0785. The van der Waals surface area contributed by atoms with E-state index in [1.165, 1.54) is 0 Å². The molecule has 4 heterocycles. The van der Waals surface area contributed by atoms with Crippen LogP contribution >= 0.6 is 0 Å².